The summed E-state index contributed by atoms with van der Waals surface area (Å²) in [6.45, 7) is 3.06. The third kappa shape index (κ3) is 4.74. The molecule has 1 nitrogen and oxygen atoms in total. The number of benzene rings is 1. The Hall–Kier alpha value is 0.430. The first-order valence-corrected chi connectivity index (χ1v) is 7.81. The Bertz CT molecular complexity index is 324. The van der Waals surface area contributed by atoms with Crippen LogP contribution in [0.3, 0.4) is 0 Å². The zero-order chi connectivity index (χ0) is 12.0. The van der Waals surface area contributed by atoms with Crippen LogP contribution < -0.4 is 5.32 Å². The fourth-order valence-electron chi connectivity index (χ4n) is 1.24. The lowest BCUT2D eigenvalue weighted by atomic mass is 10.3. The first kappa shape index (κ1) is 14.5. The Morgan fingerprint density at radius 2 is 1.94 bits per heavy atom. The Kier molecular flexibility index (Phi) is 6.97. The molecule has 0 heterocycles. The van der Waals surface area contributed by atoms with Gasteiger partial charge in [0.25, 0.3) is 0 Å². The Morgan fingerprint density at radius 1 is 1.31 bits per heavy atom. The minimum atomic E-state index is 0.655. The second kappa shape index (κ2) is 7.70. The largest absolute Gasteiger partial charge is 0.383 e. The number of hydrogen-bond donors (Lipinski definition) is 1. The van der Waals surface area contributed by atoms with Gasteiger partial charge in [-0.15, -0.1) is 0 Å². The van der Waals surface area contributed by atoms with Crippen molar-refractivity contribution in [2.24, 2.45) is 0 Å². The zero-order valence-corrected chi connectivity index (χ0v) is 12.9. The quantitative estimate of drug-likeness (QED) is 0.703. The molecular weight excluding hydrogens is 329 g/mol. The molecule has 1 N–H and O–H groups in total. The van der Waals surface area contributed by atoms with E-state index in [2.05, 4.69) is 28.2 Å². The molecule has 0 saturated carbocycles. The summed E-state index contributed by atoms with van der Waals surface area (Å²) in [5, 5.41) is 4.58. The van der Waals surface area contributed by atoms with Gasteiger partial charge in [0, 0.05) is 11.0 Å². The normalized spacial score (nSPS) is 10.5. The monoisotopic (exact) mass is 341 g/mol. The molecule has 1 aromatic rings. The second-order valence-corrected chi connectivity index (χ2v) is 6.35. The van der Waals surface area contributed by atoms with Crippen molar-refractivity contribution in [2.45, 2.75) is 13.3 Å². The maximum Gasteiger partial charge on any atom is 0.0719 e. The molecule has 90 valence electrons. The number of thioether (sulfide) groups is 1. The van der Waals surface area contributed by atoms with Crippen molar-refractivity contribution in [1.82, 2.24) is 0 Å². The van der Waals surface area contributed by atoms with Gasteiger partial charge >= 0.3 is 0 Å². The van der Waals surface area contributed by atoms with E-state index < -0.39 is 0 Å². The van der Waals surface area contributed by atoms with Crippen LogP contribution in [-0.2, 0) is 0 Å². The van der Waals surface area contributed by atoms with Crippen molar-refractivity contribution in [2.75, 3.05) is 23.4 Å². The first-order valence-electron chi connectivity index (χ1n) is 5.11. The van der Waals surface area contributed by atoms with Crippen LogP contribution in [0.25, 0.3) is 0 Å². The van der Waals surface area contributed by atoms with Gasteiger partial charge in [-0.25, -0.2) is 0 Å². The van der Waals surface area contributed by atoms with Crippen LogP contribution in [0.2, 0.25) is 10.0 Å². The standard InChI is InChI=1S/C11H14BrCl2NS/c1-2-16-5-3-4-15-11-9(13)6-8(12)7-10(11)14/h6-7,15H,2-5H2,1H3. The summed E-state index contributed by atoms with van der Waals surface area (Å²) in [5.74, 6) is 2.33. The van der Waals surface area contributed by atoms with E-state index in [0.29, 0.717) is 10.0 Å². The number of rotatable bonds is 6. The molecule has 0 radical (unpaired) electrons. The predicted octanol–water partition coefficient (Wildman–Crippen LogP) is 5.31. The van der Waals surface area contributed by atoms with E-state index in [4.69, 9.17) is 23.2 Å². The first-order chi connectivity index (χ1) is 7.65. The maximum atomic E-state index is 6.09. The van der Waals surface area contributed by atoms with Gasteiger partial charge in [-0.05, 0) is 30.1 Å². The van der Waals surface area contributed by atoms with Crippen LogP contribution in [0.1, 0.15) is 13.3 Å². The molecule has 1 rings (SSSR count). The van der Waals surface area contributed by atoms with Gasteiger partial charge in [0.1, 0.15) is 0 Å². The number of hydrogen-bond acceptors (Lipinski definition) is 2. The van der Waals surface area contributed by atoms with Crippen LogP contribution in [0.4, 0.5) is 5.69 Å². The summed E-state index contributed by atoms with van der Waals surface area (Å²) >= 11 is 17.5. The summed E-state index contributed by atoms with van der Waals surface area (Å²) < 4.78 is 0.898. The number of anilines is 1. The molecule has 0 aliphatic heterocycles. The van der Waals surface area contributed by atoms with E-state index in [-0.39, 0.29) is 0 Å². The van der Waals surface area contributed by atoms with Crippen LogP contribution in [0, 0.1) is 0 Å². The highest BCUT2D eigenvalue weighted by Gasteiger charge is 2.06. The van der Waals surface area contributed by atoms with Gasteiger partial charge in [0.05, 0.1) is 15.7 Å². The van der Waals surface area contributed by atoms with Gasteiger partial charge in [-0.1, -0.05) is 46.1 Å². The van der Waals surface area contributed by atoms with Crippen LogP contribution in [-0.4, -0.2) is 18.1 Å². The van der Waals surface area contributed by atoms with Crippen molar-refractivity contribution in [1.29, 1.82) is 0 Å². The zero-order valence-electron chi connectivity index (χ0n) is 9.03. The summed E-state index contributed by atoms with van der Waals surface area (Å²) in [4.78, 5) is 0. The third-order valence-corrected chi connectivity index (χ3v) is 4.02. The lowest BCUT2D eigenvalue weighted by Gasteiger charge is -2.10. The van der Waals surface area contributed by atoms with E-state index in [0.717, 1.165) is 28.9 Å². The fourth-order valence-corrected chi connectivity index (χ4v) is 3.22. The van der Waals surface area contributed by atoms with Gasteiger partial charge in [-0.3, -0.25) is 0 Å². The summed E-state index contributed by atoms with van der Waals surface area (Å²) in [5.41, 5.74) is 0.827. The summed E-state index contributed by atoms with van der Waals surface area (Å²) in [6.07, 6.45) is 1.11. The molecule has 16 heavy (non-hydrogen) atoms. The van der Waals surface area contributed by atoms with Crippen molar-refractivity contribution in [3.63, 3.8) is 0 Å². The lowest BCUT2D eigenvalue weighted by molar-refractivity contribution is 0.992. The van der Waals surface area contributed by atoms with Crippen LogP contribution in [0.15, 0.2) is 16.6 Å². The van der Waals surface area contributed by atoms with Gasteiger partial charge in [0.15, 0.2) is 0 Å². The van der Waals surface area contributed by atoms with Crippen molar-refractivity contribution < 1.29 is 0 Å². The average Bonchev–Trinajstić information content (AvgIpc) is 2.20. The molecule has 0 aromatic heterocycles. The molecule has 0 aliphatic rings. The predicted molar refractivity (Wildman–Crippen MR) is 80.3 cm³/mol. The minimum absolute atomic E-state index is 0.655. The topological polar surface area (TPSA) is 12.0 Å². The maximum absolute atomic E-state index is 6.09. The minimum Gasteiger partial charge on any atom is -0.383 e. The number of halogens is 3. The van der Waals surface area contributed by atoms with Gasteiger partial charge < -0.3 is 5.32 Å². The molecule has 0 fully saturated rings. The molecule has 5 heteroatoms. The molecule has 0 aliphatic carbocycles. The summed E-state index contributed by atoms with van der Waals surface area (Å²) in [7, 11) is 0. The second-order valence-electron chi connectivity index (χ2n) is 3.22. The number of nitrogens with one attached hydrogen (secondary N) is 1. The molecule has 0 unspecified atom stereocenters. The van der Waals surface area contributed by atoms with Gasteiger partial charge in [0.2, 0.25) is 0 Å². The molecular formula is C11H14BrCl2NS. The molecule has 0 saturated heterocycles. The van der Waals surface area contributed by atoms with E-state index in [1.54, 1.807) is 0 Å². The molecule has 0 atom stereocenters. The van der Waals surface area contributed by atoms with E-state index >= 15 is 0 Å². The van der Waals surface area contributed by atoms with E-state index in [1.807, 2.05) is 23.9 Å². The van der Waals surface area contributed by atoms with Crippen molar-refractivity contribution in [3.05, 3.63) is 26.7 Å². The van der Waals surface area contributed by atoms with E-state index in [9.17, 15) is 0 Å². The Labute approximate surface area is 119 Å². The van der Waals surface area contributed by atoms with Crippen LogP contribution >= 0.6 is 50.9 Å². The van der Waals surface area contributed by atoms with Crippen molar-refractivity contribution in [3.8, 4) is 0 Å². The highest BCUT2D eigenvalue weighted by molar-refractivity contribution is 9.10. The van der Waals surface area contributed by atoms with Gasteiger partial charge in [-0.2, -0.15) is 11.8 Å². The smallest absolute Gasteiger partial charge is 0.0719 e. The third-order valence-electron chi connectivity index (χ3n) is 1.98. The Morgan fingerprint density at radius 3 is 2.50 bits per heavy atom. The molecule has 1 aromatic carbocycles. The lowest BCUT2D eigenvalue weighted by Crippen LogP contribution is -2.03. The summed E-state index contributed by atoms with van der Waals surface area (Å²) in [6, 6.07) is 3.69. The Balaban J connectivity index is 2.47. The molecule has 0 bridgehead atoms. The molecule has 0 amide bonds. The van der Waals surface area contributed by atoms with Crippen molar-refractivity contribution >= 4 is 56.6 Å². The highest BCUT2D eigenvalue weighted by Crippen LogP contribution is 2.33. The average molecular weight is 343 g/mol. The van der Waals surface area contributed by atoms with E-state index in [1.165, 1.54) is 5.75 Å². The fraction of sp³-hybridized carbons (Fsp3) is 0.455. The molecule has 0 spiro atoms. The van der Waals surface area contributed by atoms with Crippen LogP contribution in [0.5, 0.6) is 0 Å². The SMILES string of the molecule is CCSCCCNc1c(Cl)cc(Br)cc1Cl. The highest BCUT2D eigenvalue weighted by atomic mass is 79.9.